The Morgan fingerprint density at radius 2 is 1.58 bits per heavy atom. The molecule has 1 saturated carbocycles. The summed E-state index contributed by atoms with van der Waals surface area (Å²) in [5, 5.41) is 0. The molecule has 1 aliphatic heterocycles. The number of halogens is 1. The second kappa shape index (κ2) is 9.15. The molecule has 2 aromatic carbocycles. The summed E-state index contributed by atoms with van der Waals surface area (Å²) in [4.78, 5) is 54.8. The van der Waals surface area contributed by atoms with Crippen LogP contribution in [0.25, 0.3) is 0 Å². The molecule has 1 aliphatic carbocycles. The van der Waals surface area contributed by atoms with Crippen molar-refractivity contribution in [1.29, 1.82) is 0 Å². The van der Waals surface area contributed by atoms with Crippen molar-refractivity contribution < 1.29 is 28.3 Å². The summed E-state index contributed by atoms with van der Waals surface area (Å²) in [5.74, 6) is -2.33. The van der Waals surface area contributed by atoms with Gasteiger partial charge >= 0.3 is 5.97 Å². The maximum atomic E-state index is 13.8. The standard InChI is InChI=1S/C28H31FN2O5/c1-6-36-26(35)18-9-13-20(14-10-18)31-22(32)15-21(24(31)33)30(16-17-7-11-19(29)12-8-17)25(34)23-27(2,3)28(23,4)5/h7-14,21,23H,6,15-16H2,1-5H3. The third-order valence-corrected chi connectivity index (χ3v) is 7.95. The number of esters is 1. The first-order valence-corrected chi connectivity index (χ1v) is 12.1. The minimum atomic E-state index is -0.980. The zero-order valence-corrected chi connectivity index (χ0v) is 21.2. The Bertz CT molecular complexity index is 1190. The summed E-state index contributed by atoms with van der Waals surface area (Å²) < 4.78 is 18.5. The number of carbonyl (C=O) groups is 4. The van der Waals surface area contributed by atoms with E-state index >= 15 is 0 Å². The average molecular weight is 495 g/mol. The lowest BCUT2D eigenvalue weighted by molar-refractivity contribution is -0.141. The SMILES string of the molecule is CCOC(=O)c1ccc(N2C(=O)CC(N(Cc3ccc(F)cc3)C(=O)C3C(C)(C)C3(C)C)C2=O)cc1. The molecule has 1 heterocycles. The number of nitrogens with zero attached hydrogens (tertiary/aromatic N) is 2. The predicted molar refractivity (Wildman–Crippen MR) is 131 cm³/mol. The summed E-state index contributed by atoms with van der Waals surface area (Å²) in [7, 11) is 0. The number of rotatable bonds is 7. The van der Waals surface area contributed by atoms with E-state index in [1.54, 1.807) is 19.1 Å². The molecule has 0 aromatic heterocycles. The van der Waals surface area contributed by atoms with Gasteiger partial charge in [0.1, 0.15) is 11.9 Å². The molecule has 1 saturated heterocycles. The normalized spacial score (nSPS) is 20.4. The topological polar surface area (TPSA) is 84.0 Å². The average Bonchev–Trinajstić information content (AvgIpc) is 3.06. The van der Waals surface area contributed by atoms with Crippen LogP contribution in [0.2, 0.25) is 0 Å². The molecule has 2 aromatic rings. The smallest absolute Gasteiger partial charge is 0.338 e. The van der Waals surface area contributed by atoms with Crippen molar-refractivity contribution in [3.05, 3.63) is 65.5 Å². The van der Waals surface area contributed by atoms with Gasteiger partial charge in [0.15, 0.2) is 0 Å². The van der Waals surface area contributed by atoms with E-state index in [0.717, 1.165) is 4.90 Å². The van der Waals surface area contributed by atoms with Gasteiger partial charge in [0.05, 0.1) is 24.3 Å². The number of amides is 3. The van der Waals surface area contributed by atoms with Crippen LogP contribution in [0.15, 0.2) is 48.5 Å². The third kappa shape index (κ3) is 4.29. The van der Waals surface area contributed by atoms with Crippen LogP contribution >= 0.6 is 0 Å². The van der Waals surface area contributed by atoms with Crippen molar-refractivity contribution >= 4 is 29.4 Å². The lowest BCUT2D eigenvalue weighted by Gasteiger charge is -2.29. The van der Waals surface area contributed by atoms with E-state index in [0.29, 0.717) is 16.8 Å². The molecular formula is C28H31FN2O5. The van der Waals surface area contributed by atoms with E-state index in [1.807, 2.05) is 27.7 Å². The van der Waals surface area contributed by atoms with Crippen molar-refractivity contribution in [1.82, 2.24) is 4.90 Å². The van der Waals surface area contributed by atoms with E-state index in [2.05, 4.69) is 0 Å². The maximum Gasteiger partial charge on any atom is 0.338 e. The Balaban J connectivity index is 1.63. The number of imide groups is 1. The summed E-state index contributed by atoms with van der Waals surface area (Å²) in [5.41, 5.74) is 0.765. The minimum absolute atomic E-state index is 0.0844. The fraction of sp³-hybridized carbons (Fsp3) is 0.429. The van der Waals surface area contributed by atoms with Crippen molar-refractivity contribution in [2.24, 2.45) is 16.7 Å². The van der Waals surface area contributed by atoms with E-state index < -0.39 is 29.6 Å². The molecule has 3 amide bonds. The van der Waals surface area contributed by atoms with E-state index in [-0.39, 0.29) is 42.2 Å². The Hall–Kier alpha value is -3.55. The monoisotopic (exact) mass is 494 g/mol. The first-order valence-electron chi connectivity index (χ1n) is 12.1. The number of ether oxygens (including phenoxy) is 1. The molecule has 2 aliphatic rings. The van der Waals surface area contributed by atoms with Crippen LogP contribution < -0.4 is 4.90 Å². The Labute approximate surface area is 210 Å². The maximum absolute atomic E-state index is 13.8. The van der Waals surface area contributed by atoms with Crippen LogP contribution in [-0.2, 0) is 25.7 Å². The summed E-state index contributed by atoms with van der Waals surface area (Å²) in [6.07, 6.45) is -0.154. The number of anilines is 1. The molecule has 190 valence electrons. The summed E-state index contributed by atoms with van der Waals surface area (Å²) >= 11 is 0. The van der Waals surface area contributed by atoms with Crippen LogP contribution in [0, 0.1) is 22.6 Å². The molecule has 7 nitrogen and oxygen atoms in total. The number of carbonyl (C=O) groups excluding carboxylic acids is 4. The Morgan fingerprint density at radius 3 is 2.11 bits per heavy atom. The Morgan fingerprint density at radius 1 is 1.00 bits per heavy atom. The van der Waals surface area contributed by atoms with Gasteiger partial charge < -0.3 is 9.64 Å². The fourth-order valence-electron chi connectivity index (χ4n) is 5.20. The van der Waals surface area contributed by atoms with E-state index in [1.165, 1.54) is 41.3 Å². The van der Waals surface area contributed by atoms with Gasteiger partial charge in [-0.25, -0.2) is 14.1 Å². The van der Waals surface area contributed by atoms with Gasteiger partial charge in [0.2, 0.25) is 11.8 Å². The second-order valence-corrected chi connectivity index (χ2v) is 10.5. The highest BCUT2D eigenvalue weighted by Crippen LogP contribution is 2.69. The molecule has 0 spiro atoms. The highest BCUT2D eigenvalue weighted by Gasteiger charge is 2.69. The molecule has 4 rings (SSSR count). The van der Waals surface area contributed by atoms with Gasteiger partial charge in [-0.15, -0.1) is 0 Å². The van der Waals surface area contributed by atoms with Gasteiger partial charge in [-0.3, -0.25) is 14.4 Å². The highest BCUT2D eigenvalue weighted by atomic mass is 19.1. The van der Waals surface area contributed by atoms with Crippen LogP contribution in [0.5, 0.6) is 0 Å². The van der Waals surface area contributed by atoms with E-state index in [4.69, 9.17) is 4.74 Å². The van der Waals surface area contributed by atoms with Crippen LogP contribution in [0.4, 0.5) is 10.1 Å². The first kappa shape index (κ1) is 25.5. The van der Waals surface area contributed by atoms with Gasteiger partial charge in [-0.2, -0.15) is 0 Å². The molecule has 1 unspecified atom stereocenters. The molecule has 1 atom stereocenters. The molecule has 36 heavy (non-hydrogen) atoms. The number of hydrogen-bond acceptors (Lipinski definition) is 5. The van der Waals surface area contributed by atoms with Gasteiger partial charge in [0, 0.05) is 12.5 Å². The first-order chi connectivity index (χ1) is 16.9. The lowest BCUT2D eigenvalue weighted by atomic mass is 10.0. The zero-order valence-electron chi connectivity index (χ0n) is 21.2. The van der Waals surface area contributed by atoms with Crippen molar-refractivity contribution in [2.45, 2.75) is 53.6 Å². The molecule has 0 N–H and O–H groups in total. The molecule has 0 radical (unpaired) electrons. The molecular weight excluding hydrogens is 463 g/mol. The molecule has 8 heteroatoms. The van der Waals surface area contributed by atoms with Gasteiger partial charge in [-0.05, 0) is 59.7 Å². The second-order valence-electron chi connectivity index (χ2n) is 10.5. The number of hydrogen-bond donors (Lipinski definition) is 0. The summed E-state index contributed by atoms with van der Waals surface area (Å²) in [6, 6.07) is 10.8. The van der Waals surface area contributed by atoms with Crippen LogP contribution in [0.3, 0.4) is 0 Å². The lowest BCUT2D eigenvalue weighted by Crippen LogP contribution is -2.46. The molecule has 2 fully saturated rings. The quantitative estimate of drug-likeness (QED) is 0.422. The van der Waals surface area contributed by atoms with Crippen LogP contribution in [-0.4, -0.2) is 41.2 Å². The predicted octanol–water partition coefficient (Wildman–Crippen LogP) is 4.35. The highest BCUT2D eigenvalue weighted by molar-refractivity contribution is 6.23. The van der Waals surface area contributed by atoms with Crippen molar-refractivity contribution in [3.63, 3.8) is 0 Å². The van der Waals surface area contributed by atoms with Crippen molar-refractivity contribution in [2.75, 3.05) is 11.5 Å². The largest absolute Gasteiger partial charge is 0.462 e. The minimum Gasteiger partial charge on any atom is -0.462 e. The fourth-order valence-corrected chi connectivity index (χ4v) is 5.20. The van der Waals surface area contributed by atoms with Gasteiger partial charge in [0.25, 0.3) is 5.91 Å². The van der Waals surface area contributed by atoms with E-state index in [9.17, 15) is 23.6 Å². The molecule has 0 bridgehead atoms. The van der Waals surface area contributed by atoms with Crippen LogP contribution in [0.1, 0.15) is 57.0 Å². The van der Waals surface area contributed by atoms with Crippen molar-refractivity contribution in [3.8, 4) is 0 Å². The van der Waals surface area contributed by atoms with Gasteiger partial charge in [-0.1, -0.05) is 39.8 Å². The zero-order chi connectivity index (χ0) is 26.4. The summed E-state index contributed by atoms with van der Waals surface area (Å²) in [6.45, 7) is 10.1. The Kier molecular flexibility index (Phi) is 6.49. The third-order valence-electron chi connectivity index (χ3n) is 7.95. The number of benzene rings is 2.